The monoisotopic (exact) mass is 274 g/mol. The van der Waals surface area contributed by atoms with Gasteiger partial charge >= 0.3 is 0 Å². The molecule has 2 heterocycles. The number of hydrogen-bond acceptors (Lipinski definition) is 4. The SMILES string of the molecule is CSC1(CNCc2cn[nH]c2-c2cccnc2)CC1. The summed E-state index contributed by atoms with van der Waals surface area (Å²) in [5.41, 5.74) is 3.35. The standard InChI is InChI=1S/C14H18N4S/c1-19-14(4-5-14)10-16-8-12-9-17-18-13(12)11-3-2-6-15-7-11/h2-3,6-7,9,16H,4-5,8,10H2,1H3,(H,17,18). The number of pyridine rings is 1. The maximum Gasteiger partial charge on any atom is 0.0710 e. The molecular formula is C14H18N4S. The molecule has 1 fully saturated rings. The molecule has 0 aliphatic heterocycles. The second-order valence-electron chi connectivity index (χ2n) is 5.00. The number of nitrogens with zero attached hydrogens (tertiary/aromatic N) is 2. The molecule has 2 N–H and O–H groups in total. The van der Waals surface area contributed by atoms with Crippen molar-refractivity contribution in [2.24, 2.45) is 0 Å². The van der Waals surface area contributed by atoms with Gasteiger partial charge in [0, 0.05) is 41.4 Å². The van der Waals surface area contributed by atoms with E-state index in [1.54, 1.807) is 6.20 Å². The molecule has 0 unspecified atom stereocenters. The zero-order valence-corrected chi connectivity index (χ0v) is 11.8. The second kappa shape index (κ2) is 5.35. The van der Waals surface area contributed by atoms with Crippen LogP contribution < -0.4 is 5.32 Å². The first-order valence-electron chi connectivity index (χ1n) is 6.51. The second-order valence-corrected chi connectivity index (χ2v) is 6.28. The summed E-state index contributed by atoms with van der Waals surface area (Å²) in [5.74, 6) is 0. The highest BCUT2D eigenvalue weighted by Gasteiger charge is 2.41. The van der Waals surface area contributed by atoms with Crippen molar-refractivity contribution >= 4 is 11.8 Å². The number of aromatic nitrogens is 3. The van der Waals surface area contributed by atoms with Gasteiger partial charge < -0.3 is 5.32 Å². The lowest BCUT2D eigenvalue weighted by Gasteiger charge is -2.12. The minimum absolute atomic E-state index is 0.498. The van der Waals surface area contributed by atoms with Gasteiger partial charge in [-0.1, -0.05) is 0 Å². The Morgan fingerprint density at radius 2 is 2.32 bits per heavy atom. The lowest BCUT2D eigenvalue weighted by Crippen LogP contribution is -2.25. The van der Waals surface area contributed by atoms with Gasteiger partial charge in [0.2, 0.25) is 0 Å². The molecular weight excluding hydrogens is 256 g/mol. The summed E-state index contributed by atoms with van der Waals surface area (Å²) in [6, 6.07) is 3.99. The van der Waals surface area contributed by atoms with Gasteiger partial charge in [-0.05, 0) is 31.2 Å². The molecule has 1 saturated carbocycles. The van der Waals surface area contributed by atoms with Crippen molar-refractivity contribution in [1.29, 1.82) is 0 Å². The first-order chi connectivity index (χ1) is 9.33. The fourth-order valence-corrected chi connectivity index (χ4v) is 2.98. The summed E-state index contributed by atoms with van der Waals surface area (Å²) < 4.78 is 0.498. The van der Waals surface area contributed by atoms with Crippen LogP contribution >= 0.6 is 11.8 Å². The van der Waals surface area contributed by atoms with Gasteiger partial charge in [-0.3, -0.25) is 10.1 Å². The number of aromatic amines is 1. The fourth-order valence-electron chi connectivity index (χ4n) is 2.22. The van der Waals surface area contributed by atoms with Gasteiger partial charge in [0.15, 0.2) is 0 Å². The highest BCUT2D eigenvalue weighted by atomic mass is 32.2. The Hall–Kier alpha value is -1.33. The van der Waals surface area contributed by atoms with E-state index in [4.69, 9.17) is 0 Å². The molecule has 3 rings (SSSR count). The summed E-state index contributed by atoms with van der Waals surface area (Å²) >= 11 is 1.98. The van der Waals surface area contributed by atoms with Crippen LogP contribution in [0, 0.1) is 0 Å². The molecule has 1 aliphatic rings. The van der Waals surface area contributed by atoms with E-state index in [-0.39, 0.29) is 0 Å². The number of rotatable bonds is 6. The maximum absolute atomic E-state index is 4.15. The van der Waals surface area contributed by atoms with Crippen LogP contribution in [-0.2, 0) is 6.54 Å². The van der Waals surface area contributed by atoms with Gasteiger partial charge in [-0.25, -0.2) is 0 Å². The Bertz CT molecular complexity index is 533. The quantitative estimate of drug-likeness (QED) is 0.849. The maximum atomic E-state index is 4.15. The molecule has 1 aliphatic carbocycles. The molecule has 0 saturated heterocycles. The van der Waals surface area contributed by atoms with Crippen LogP contribution in [0.2, 0.25) is 0 Å². The molecule has 4 nitrogen and oxygen atoms in total. The Labute approximate surface area is 117 Å². The van der Waals surface area contributed by atoms with Crippen molar-refractivity contribution in [1.82, 2.24) is 20.5 Å². The zero-order chi connectivity index (χ0) is 13.1. The van der Waals surface area contributed by atoms with Crippen molar-refractivity contribution in [2.45, 2.75) is 24.1 Å². The minimum atomic E-state index is 0.498. The first-order valence-corrected chi connectivity index (χ1v) is 7.74. The Balaban J connectivity index is 1.64. The van der Waals surface area contributed by atoms with E-state index >= 15 is 0 Å². The fraction of sp³-hybridized carbons (Fsp3) is 0.429. The molecule has 2 aromatic heterocycles. The smallest absolute Gasteiger partial charge is 0.0710 e. The predicted molar refractivity (Wildman–Crippen MR) is 79.0 cm³/mol. The van der Waals surface area contributed by atoms with Crippen LogP contribution in [0.25, 0.3) is 11.3 Å². The molecule has 0 aromatic carbocycles. The molecule has 5 heteroatoms. The third-order valence-electron chi connectivity index (χ3n) is 3.67. The molecule has 0 radical (unpaired) electrons. The highest BCUT2D eigenvalue weighted by Crippen LogP contribution is 2.46. The molecule has 0 atom stereocenters. The summed E-state index contributed by atoms with van der Waals surface area (Å²) in [6.45, 7) is 1.93. The Kier molecular flexibility index (Phi) is 3.57. The van der Waals surface area contributed by atoms with Crippen molar-refractivity contribution in [3.63, 3.8) is 0 Å². The summed E-state index contributed by atoms with van der Waals surface area (Å²) in [6.07, 6.45) is 10.4. The van der Waals surface area contributed by atoms with E-state index < -0.39 is 0 Å². The van der Waals surface area contributed by atoms with Gasteiger partial charge in [0.25, 0.3) is 0 Å². The molecule has 0 bridgehead atoms. The van der Waals surface area contributed by atoms with Gasteiger partial charge in [-0.2, -0.15) is 16.9 Å². The van der Waals surface area contributed by atoms with Crippen LogP contribution in [-0.4, -0.2) is 32.7 Å². The number of hydrogen-bond donors (Lipinski definition) is 2. The highest BCUT2D eigenvalue weighted by molar-refractivity contribution is 8.00. The van der Waals surface area contributed by atoms with Crippen LogP contribution in [0.1, 0.15) is 18.4 Å². The molecule has 19 heavy (non-hydrogen) atoms. The first kappa shape index (κ1) is 12.7. The van der Waals surface area contributed by atoms with E-state index in [9.17, 15) is 0 Å². The summed E-state index contributed by atoms with van der Waals surface area (Å²) in [5, 5.41) is 10.8. The van der Waals surface area contributed by atoms with E-state index in [0.29, 0.717) is 4.75 Å². The van der Waals surface area contributed by atoms with Crippen molar-refractivity contribution in [2.75, 3.05) is 12.8 Å². The van der Waals surface area contributed by atoms with Crippen molar-refractivity contribution in [3.05, 3.63) is 36.3 Å². The van der Waals surface area contributed by atoms with E-state index in [1.807, 2.05) is 36.3 Å². The van der Waals surface area contributed by atoms with Gasteiger partial charge in [0.1, 0.15) is 0 Å². The Morgan fingerprint density at radius 3 is 3.00 bits per heavy atom. The molecule has 2 aromatic rings. The van der Waals surface area contributed by atoms with Gasteiger partial charge in [-0.15, -0.1) is 0 Å². The number of nitrogens with one attached hydrogen (secondary N) is 2. The van der Waals surface area contributed by atoms with Crippen LogP contribution in [0.5, 0.6) is 0 Å². The molecule has 0 amide bonds. The normalized spacial score (nSPS) is 16.5. The molecule has 100 valence electrons. The van der Waals surface area contributed by atoms with Crippen LogP contribution in [0.15, 0.2) is 30.7 Å². The third-order valence-corrected chi connectivity index (χ3v) is 5.09. The minimum Gasteiger partial charge on any atom is -0.311 e. The lowest BCUT2D eigenvalue weighted by atomic mass is 10.1. The average molecular weight is 274 g/mol. The van der Waals surface area contributed by atoms with Crippen molar-refractivity contribution < 1.29 is 0 Å². The van der Waals surface area contributed by atoms with E-state index in [0.717, 1.165) is 24.3 Å². The number of thioether (sulfide) groups is 1. The predicted octanol–water partition coefficient (Wildman–Crippen LogP) is 2.46. The summed E-state index contributed by atoms with van der Waals surface area (Å²) in [7, 11) is 0. The largest absolute Gasteiger partial charge is 0.311 e. The van der Waals surface area contributed by atoms with E-state index in [2.05, 4.69) is 26.8 Å². The third kappa shape index (κ3) is 2.82. The van der Waals surface area contributed by atoms with Crippen LogP contribution in [0.4, 0.5) is 0 Å². The molecule has 0 spiro atoms. The van der Waals surface area contributed by atoms with E-state index in [1.165, 1.54) is 18.4 Å². The lowest BCUT2D eigenvalue weighted by molar-refractivity contribution is 0.664. The van der Waals surface area contributed by atoms with Crippen molar-refractivity contribution in [3.8, 4) is 11.3 Å². The van der Waals surface area contributed by atoms with Crippen LogP contribution in [0.3, 0.4) is 0 Å². The zero-order valence-electron chi connectivity index (χ0n) is 11.0. The number of H-pyrrole nitrogens is 1. The topological polar surface area (TPSA) is 53.6 Å². The van der Waals surface area contributed by atoms with Gasteiger partial charge in [0.05, 0.1) is 11.9 Å². The summed E-state index contributed by atoms with van der Waals surface area (Å²) in [4.78, 5) is 4.15. The average Bonchev–Trinajstić information content (AvgIpc) is 3.09. The Morgan fingerprint density at radius 1 is 1.42 bits per heavy atom.